The number of ketones is 1. The lowest BCUT2D eigenvalue weighted by Gasteiger charge is -2.28. The molecule has 112 valence electrons. The monoisotopic (exact) mass is 311 g/mol. The van der Waals surface area contributed by atoms with Crippen LogP contribution in [0.2, 0.25) is 0 Å². The van der Waals surface area contributed by atoms with Crippen LogP contribution >= 0.6 is 12.2 Å². The molecule has 1 aliphatic heterocycles. The van der Waals surface area contributed by atoms with Crippen molar-refractivity contribution in [3.8, 4) is 11.1 Å². The van der Waals surface area contributed by atoms with Gasteiger partial charge in [-0.1, -0.05) is 66.8 Å². The second-order valence-electron chi connectivity index (χ2n) is 5.18. The molecule has 3 rings (SSSR count). The van der Waals surface area contributed by atoms with Crippen molar-refractivity contribution in [2.45, 2.75) is 0 Å². The molecule has 22 heavy (non-hydrogen) atoms. The summed E-state index contributed by atoms with van der Waals surface area (Å²) in [4.78, 5) is 14.8. The van der Waals surface area contributed by atoms with E-state index in [0.29, 0.717) is 36.9 Å². The molecule has 0 N–H and O–H groups in total. The van der Waals surface area contributed by atoms with E-state index in [2.05, 4.69) is 12.1 Å². The molecule has 0 bridgehead atoms. The van der Waals surface area contributed by atoms with Crippen LogP contribution in [0.4, 0.5) is 0 Å². The van der Waals surface area contributed by atoms with Gasteiger partial charge < -0.3 is 9.64 Å². The minimum atomic E-state index is -0.0866. The lowest BCUT2D eigenvalue weighted by atomic mass is 10.0. The van der Waals surface area contributed by atoms with Gasteiger partial charge in [-0.3, -0.25) is 4.79 Å². The Bertz CT molecular complexity index is 661. The quantitative estimate of drug-likeness (QED) is 0.643. The molecule has 2 aromatic carbocycles. The number of rotatable bonds is 3. The van der Waals surface area contributed by atoms with E-state index in [-0.39, 0.29) is 5.78 Å². The summed E-state index contributed by atoms with van der Waals surface area (Å²) in [7, 11) is 0. The van der Waals surface area contributed by atoms with Gasteiger partial charge in [0.05, 0.1) is 13.2 Å². The predicted molar refractivity (Wildman–Crippen MR) is 91.2 cm³/mol. The molecule has 1 saturated heterocycles. The topological polar surface area (TPSA) is 29.5 Å². The van der Waals surface area contributed by atoms with Crippen LogP contribution in [0.3, 0.4) is 0 Å². The van der Waals surface area contributed by atoms with E-state index >= 15 is 0 Å². The maximum atomic E-state index is 12.5. The average molecular weight is 311 g/mol. The molecule has 2 aromatic rings. The molecule has 0 amide bonds. The highest BCUT2D eigenvalue weighted by Gasteiger charge is 2.20. The van der Waals surface area contributed by atoms with Crippen molar-refractivity contribution in [3.05, 3.63) is 60.2 Å². The summed E-state index contributed by atoms with van der Waals surface area (Å²) in [5.41, 5.74) is 2.86. The minimum absolute atomic E-state index is 0.0866. The Morgan fingerprint density at radius 1 is 0.909 bits per heavy atom. The first-order valence-electron chi connectivity index (χ1n) is 7.32. The molecule has 0 aliphatic carbocycles. The molecule has 0 atom stereocenters. The number of nitrogens with zero attached hydrogens (tertiary/aromatic N) is 1. The summed E-state index contributed by atoms with van der Waals surface area (Å²) >= 11 is 5.33. The van der Waals surface area contributed by atoms with Gasteiger partial charge in [0, 0.05) is 18.7 Å². The first kappa shape index (κ1) is 14.9. The second kappa shape index (κ2) is 6.81. The number of thiocarbonyl (C=S) groups is 1. The SMILES string of the molecule is O=C(C(=S)N1CCOCC1)c1ccc(-c2ccccc2)cc1. The molecule has 4 heteroatoms. The number of hydrogen-bond acceptors (Lipinski definition) is 3. The Kier molecular flexibility index (Phi) is 4.61. The van der Waals surface area contributed by atoms with Gasteiger partial charge >= 0.3 is 0 Å². The third kappa shape index (κ3) is 3.24. The lowest BCUT2D eigenvalue weighted by Crippen LogP contribution is -2.43. The van der Waals surface area contributed by atoms with Crippen LogP contribution in [-0.2, 0) is 4.74 Å². The van der Waals surface area contributed by atoms with E-state index in [1.54, 1.807) is 0 Å². The highest BCUT2D eigenvalue weighted by atomic mass is 32.1. The number of morpholine rings is 1. The molecule has 3 nitrogen and oxygen atoms in total. The third-order valence-corrected chi connectivity index (χ3v) is 4.19. The molecular weight excluding hydrogens is 294 g/mol. The van der Waals surface area contributed by atoms with Crippen molar-refractivity contribution in [1.29, 1.82) is 0 Å². The van der Waals surface area contributed by atoms with Gasteiger partial charge in [-0.05, 0) is 11.1 Å². The molecule has 0 spiro atoms. The highest BCUT2D eigenvalue weighted by molar-refractivity contribution is 7.82. The number of ether oxygens (including phenoxy) is 1. The van der Waals surface area contributed by atoms with Crippen LogP contribution in [0.15, 0.2) is 54.6 Å². The number of carbonyl (C=O) groups is 1. The highest BCUT2D eigenvalue weighted by Crippen LogP contribution is 2.19. The number of benzene rings is 2. The zero-order valence-corrected chi connectivity index (χ0v) is 13.0. The van der Waals surface area contributed by atoms with Crippen molar-refractivity contribution in [3.63, 3.8) is 0 Å². The van der Waals surface area contributed by atoms with Crippen LogP contribution in [0.5, 0.6) is 0 Å². The largest absolute Gasteiger partial charge is 0.378 e. The van der Waals surface area contributed by atoms with Crippen LogP contribution in [0.25, 0.3) is 11.1 Å². The Hall–Kier alpha value is -2.04. The van der Waals surface area contributed by atoms with Crippen molar-refractivity contribution < 1.29 is 9.53 Å². The smallest absolute Gasteiger partial charge is 0.220 e. The molecule has 1 fully saturated rings. The van der Waals surface area contributed by atoms with Crippen LogP contribution in [0, 0.1) is 0 Å². The van der Waals surface area contributed by atoms with Crippen molar-refractivity contribution in [1.82, 2.24) is 4.90 Å². The zero-order chi connectivity index (χ0) is 15.4. The molecule has 0 aromatic heterocycles. The van der Waals surface area contributed by atoms with E-state index in [1.807, 2.05) is 47.4 Å². The third-order valence-electron chi connectivity index (χ3n) is 3.75. The second-order valence-corrected chi connectivity index (χ2v) is 5.56. The van der Waals surface area contributed by atoms with Gasteiger partial charge in [-0.25, -0.2) is 0 Å². The molecule has 1 aliphatic rings. The van der Waals surface area contributed by atoms with Crippen LogP contribution < -0.4 is 0 Å². The summed E-state index contributed by atoms with van der Waals surface area (Å²) in [6.45, 7) is 2.63. The summed E-state index contributed by atoms with van der Waals surface area (Å²) in [6.07, 6.45) is 0. The van der Waals surface area contributed by atoms with E-state index < -0.39 is 0 Å². The van der Waals surface area contributed by atoms with Crippen LogP contribution in [-0.4, -0.2) is 42.0 Å². The van der Waals surface area contributed by atoms with Gasteiger partial charge in [-0.15, -0.1) is 0 Å². The first-order chi connectivity index (χ1) is 10.8. The Labute approximate surface area is 135 Å². The van der Waals surface area contributed by atoms with Gasteiger partial charge in [0.2, 0.25) is 5.78 Å². The molecule has 0 radical (unpaired) electrons. The van der Waals surface area contributed by atoms with E-state index in [0.717, 1.165) is 11.1 Å². The fourth-order valence-corrected chi connectivity index (χ4v) is 2.78. The zero-order valence-electron chi connectivity index (χ0n) is 12.2. The van der Waals surface area contributed by atoms with Gasteiger partial charge in [0.15, 0.2) is 4.99 Å². The fourth-order valence-electron chi connectivity index (χ4n) is 2.48. The van der Waals surface area contributed by atoms with Gasteiger partial charge in [-0.2, -0.15) is 0 Å². The average Bonchev–Trinajstić information content (AvgIpc) is 2.62. The maximum Gasteiger partial charge on any atom is 0.220 e. The first-order valence-corrected chi connectivity index (χ1v) is 7.73. The Balaban J connectivity index is 1.75. The lowest BCUT2D eigenvalue weighted by molar-refractivity contribution is 0.0670. The van der Waals surface area contributed by atoms with Crippen molar-refractivity contribution in [2.24, 2.45) is 0 Å². The van der Waals surface area contributed by atoms with E-state index in [9.17, 15) is 4.79 Å². The van der Waals surface area contributed by atoms with Crippen molar-refractivity contribution in [2.75, 3.05) is 26.3 Å². The summed E-state index contributed by atoms with van der Waals surface area (Å²) < 4.78 is 5.29. The number of carbonyl (C=O) groups excluding carboxylic acids is 1. The van der Waals surface area contributed by atoms with Gasteiger partial charge in [0.1, 0.15) is 0 Å². The fraction of sp³-hybridized carbons (Fsp3) is 0.222. The Morgan fingerprint density at radius 3 is 2.14 bits per heavy atom. The summed E-state index contributed by atoms with van der Waals surface area (Å²) in [5, 5.41) is 0. The number of Topliss-reactive ketones (excluding diaryl/α,β-unsaturated/α-hetero) is 1. The number of hydrogen-bond donors (Lipinski definition) is 0. The minimum Gasteiger partial charge on any atom is -0.378 e. The Morgan fingerprint density at radius 2 is 1.50 bits per heavy atom. The van der Waals surface area contributed by atoms with E-state index in [4.69, 9.17) is 17.0 Å². The normalized spacial score (nSPS) is 14.6. The van der Waals surface area contributed by atoms with E-state index in [1.165, 1.54) is 0 Å². The maximum absolute atomic E-state index is 12.5. The summed E-state index contributed by atoms with van der Waals surface area (Å²) in [6, 6.07) is 17.7. The standard InChI is InChI=1S/C18H17NO2S/c20-17(18(22)19-10-12-21-13-11-19)16-8-6-15(7-9-16)14-4-2-1-3-5-14/h1-9H,10-13H2. The molecule has 0 unspecified atom stereocenters. The predicted octanol–water partition coefficient (Wildman–Crippen LogP) is 3.20. The molecule has 0 saturated carbocycles. The van der Waals surface area contributed by atoms with Gasteiger partial charge in [0.25, 0.3) is 0 Å². The molecular formula is C18H17NO2S. The van der Waals surface area contributed by atoms with Crippen LogP contribution in [0.1, 0.15) is 10.4 Å². The summed E-state index contributed by atoms with van der Waals surface area (Å²) in [5.74, 6) is -0.0866. The van der Waals surface area contributed by atoms with Crippen molar-refractivity contribution >= 4 is 23.0 Å². The molecule has 1 heterocycles.